The van der Waals surface area contributed by atoms with Crippen molar-refractivity contribution < 1.29 is 9.21 Å². The van der Waals surface area contributed by atoms with E-state index in [1.807, 2.05) is 30.3 Å². The maximum absolute atomic E-state index is 11.7. The average molecular weight is 324 g/mol. The Morgan fingerprint density at radius 3 is 2.50 bits per heavy atom. The molecule has 0 aliphatic carbocycles. The van der Waals surface area contributed by atoms with E-state index in [0.717, 1.165) is 3.77 Å². The van der Waals surface area contributed by atoms with Crippen LogP contribution in [0.3, 0.4) is 0 Å². The van der Waals surface area contributed by atoms with Crippen LogP contribution in [0, 0.1) is 3.77 Å². The third-order valence-corrected chi connectivity index (χ3v) is 2.63. The van der Waals surface area contributed by atoms with Gasteiger partial charge in [0.1, 0.15) is 5.76 Å². The zero-order valence-electron chi connectivity index (χ0n) is 8.39. The Morgan fingerprint density at radius 1 is 1.12 bits per heavy atom. The Bertz CT molecular complexity index is 512. The van der Waals surface area contributed by atoms with E-state index in [0.29, 0.717) is 11.3 Å². The lowest BCUT2D eigenvalue weighted by atomic mass is 10.1. The van der Waals surface area contributed by atoms with Gasteiger partial charge in [0.15, 0.2) is 9.55 Å². The van der Waals surface area contributed by atoms with Gasteiger partial charge >= 0.3 is 0 Å². The van der Waals surface area contributed by atoms with Crippen LogP contribution in [-0.2, 0) is 0 Å². The van der Waals surface area contributed by atoms with Gasteiger partial charge in [-0.05, 0) is 46.9 Å². The van der Waals surface area contributed by atoms with Crippen LogP contribution in [0.1, 0.15) is 16.1 Å². The summed E-state index contributed by atoms with van der Waals surface area (Å²) < 4.78 is 6.13. The molecule has 0 saturated heterocycles. The summed E-state index contributed by atoms with van der Waals surface area (Å²) in [6, 6.07) is 12.8. The number of halogens is 1. The number of furan rings is 1. The molecule has 2 rings (SSSR count). The Kier molecular flexibility index (Phi) is 3.56. The van der Waals surface area contributed by atoms with Crippen molar-refractivity contribution in [2.75, 3.05) is 0 Å². The van der Waals surface area contributed by atoms with Crippen molar-refractivity contribution in [3.05, 3.63) is 63.6 Å². The molecule has 0 fully saturated rings. The standard InChI is InChI=1S/C13H9IO2/c14-13-9-7-11(16-13)6-8-12(15)10-4-2-1-3-5-10/h1-9H/b8-6+. The van der Waals surface area contributed by atoms with Crippen LogP contribution >= 0.6 is 22.6 Å². The first-order chi connectivity index (χ1) is 7.75. The summed E-state index contributed by atoms with van der Waals surface area (Å²) in [7, 11) is 0. The third kappa shape index (κ3) is 2.82. The molecule has 0 spiro atoms. The molecule has 2 aromatic rings. The van der Waals surface area contributed by atoms with E-state index in [2.05, 4.69) is 22.6 Å². The molecule has 0 unspecified atom stereocenters. The van der Waals surface area contributed by atoms with E-state index >= 15 is 0 Å². The van der Waals surface area contributed by atoms with Gasteiger partial charge in [-0.2, -0.15) is 0 Å². The van der Waals surface area contributed by atoms with Crippen LogP contribution in [0.2, 0.25) is 0 Å². The van der Waals surface area contributed by atoms with Crippen molar-refractivity contribution in [2.45, 2.75) is 0 Å². The predicted molar refractivity (Wildman–Crippen MR) is 71.2 cm³/mol. The number of carbonyl (C=O) groups excluding carboxylic acids is 1. The Labute approximate surface area is 107 Å². The summed E-state index contributed by atoms with van der Waals surface area (Å²) >= 11 is 2.08. The lowest BCUT2D eigenvalue weighted by Crippen LogP contribution is -1.92. The fourth-order valence-electron chi connectivity index (χ4n) is 1.27. The first-order valence-electron chi connectivity index (χ1n) is 4.78. The van der Waals surface area contributed by atoms with Crippen LogP contribution in [0.25, 0.3) is 6.08 Å². The molecular formula is C13H9IO2. The van der Waals surface area contributed by atoms with Crippen LogP contribution in [0.4, 0.5) is 0 Å². The predicted octanol–water partition coefficient (Wildman–Crippen LogP) is 3.78. The summed E-state index contributed by atoms with van der Waals surface area (Å²) in [6.45, 7) is 0. The highest BCUT2D eigenvalue weighted by atomic mass is 127. The van der Waals surface area contributed by atoms with Crippen LogP contribution in [-0.4, -0.2) is 5.78 Å². The second-order valence-corrected chi connectivity index (χ2v) is 4.27. The maximum Gasteiger partial charge on any atom is 0.185 e. The Balaban J connectivity index is 2.11. The van der Waals surface area contributed by atoms with Crippen molar-refractivity contribution in [1.29, 1.82) is 0 Å². The summed E-state index contributed by atoms with van der Waals surface area (Å²) in [5, 5.41) is 0. The van der Waals surface area contributed by atoms with Gasteiger partial charge in [0.2, 0.25) is 0 Å². The molecule has 0 N–H and O–H groups in total. The molecular weight excluding hydrogens is 315 g/mol. The zero-order valence-corrected chi connectivity index (χ0v) is 10.5. The Hall–Kier alpha value is -1.36. The van der Waals surface area contributed by atoms with Crippen molar-refractivity contribution in [3.63, 3.8) is 0 Å². The molecule has 16 heavy (non-hydrogen) atoms. The van der Waals surface area contributed by atoms with Crippen molar-refractivity contribution in [2.24, 2.45) is 0 Å². The minimum Gasteiger partial charge on any atom is -0.451 e. The molecule has 80 valence electrons. The smallest absolute Gasteiger partial charge is 0.185 e. The summed E-state index contributed by atoms with van der Waals surface area (Å²) in [5.74, 6) is 0.667. The second-order valence-electron chi connectivity index (χ2n) is 3.21. The van der Waals surface area contributed by atoms with E-state index < -0.39 is 0 Å². The maximum atomic E-state index is 11.7. The summed E-state index contributed by atoms with van der Waals surface area (Å²) in [5.41, 5.74) is 0.681. The fourth-order valence-corrected chi connectivity index (χ4v) is 1.71. The lowest BCUT2D eigenvalue weighted by molar-refractivity contribution is 0.104. The molecule has 0 radical (unpaired) electrons. The van der Waals surface area contributed by atoms with Gasteiger partial charge in [0, 0.05) is 5.56 Å². The number of hydrogen-bond acceptors (Lipinski definition) is 2. The Morgan fingerprint density at radius 2 is 1.88 bits per heavy atom. The molecule has 1 aromatic carbocycles. The normalized spacial score (nSPS) is 10.8. The number of rotatable bonds is 3. The van der Waals surface area contributed by atoms with Gasteiger partial charge in [0.25, 0.3) is 0 Å². The number of hydrogen-bond donors (Lipinski definition) is 0. The summed E-state index contributed by atoms with van der Waals surface area (Å²) in [6.07, 6.45) is 3.20. The highest BCUT2D eigenvalue weighted by molar-refractivity contribution is 14.1. The SMILES string of the molecule is O=C(/C=C/c1ccc(I)o1)c1ccccc1. The van der Waals surface area contributed by atoms with Gasteiger partial charge in [-0.15, -0.1) is 0 Å². The summed E-state index contributed by atoms with van der Waals surface area (Å²) in [4.78, 5) is 11.7. The first kappa shape index (κ1) is 11.1. The second kappa shape index (κ2) is 5.12. The van der Waals surface area contributed by atoms with Crippen molar-refractivity contribution in [1.82, 2.24) is 0 Å². The van der Waals surface area contributed by atoms with Gasteiger partial charge < -0.3 is 4.42 Å². The molecule has 0 aliphatic heterocycles. The zero-order chi connectivity index (χ0) is 11.4. The molecule has 0 saturated carbocycles. The molecule has 1 aromatic heterocycles. The lowest BCUT2D eigenvalue weighted by Gasteiger charge is -1.92. The molecule has 0 atom stereocenters. The molecule has 2 nitrogen and oxygen atoms in total. The number of carbonyl (C=O) groups is 1. The van der Waals surface area contributed by atoms with E-state index in [9.17, 15) is 4.79 Å². The van der Waals surface area contributed by atoms with Crippen LogP contribution in [0.15, 0.2) is 53.0 Å². The van der Waals surface area contributed by atoms with Gasteiger partial charge in [-0.25, -0.2) is 0 Å². The number of ketones is 1. The minimum atomic E-state index is -0.0213. The van der Waals surface area contributed by atoms with E-state index in [4.69, 9.17) is 4.42 Å². The highest BCUT2D eigenvalue weighted by Gasteiger charge is 2.00. The molecule has 0 amide bonds. The van der Waals surface area contributed by atoms with Gasteiger partial charge in [-0.3, -0.25) is 4.79 Å². The largest absolute Gasteiger partial charge is 0.451 e. The van der Waals surface area contributed by atoms with Crippen LogP contribution in [0.5, 0.6) is 0 Å². The average Bonchev–Trinajstić information content (AvgIpc) is 2.73. The number of benzene rings is 1. The van der Waals surface area contributed by atoms with E-state index in [1.54, 1.807) is 18.2 Å². The number of allylic oxidation sites excluding steroid dienone is 1. The fraction of sp³-hybridized carbons (Fsp3) is 0. The van der Waals surface area contributed by atoms with Gasteiger partial charge in [-0.1, -0.05) is 30.3 Å². The van der Waals surface area contributed by atoms with Gasteiger partial charge in [0.05, 0.1) is 0 Å². The highest BCUT2D eigenvalue weighted by Crippen LogP contribution is 2.12. The van der Waals surface area contributed by atoms with Crippen molar-refractivity contribution in [3.8, 4) is 0 Å². The van der Waals surface area contributed by atoms with E-state index in [-0.39, 0.29) is 5.78 Å². The topological polar surface area (TPSA) is 30.2 Å². The minimum absolute atomic E-state index is 0.0213. The first-order valence-corrected chi connectivity index (χ1v) is 5.86. The molecule has 0 bridgehead atoms. The quantitative estimate of drug-likeness (QED) is 0.489. The third-order valence-electron chi connectivity index (χ3n) is 2.05. The molecule has 3 heteroatoms. The van der Waals surface area contributed by atoms with Crippen molar-refractivity contribution >= 4 is 34.5 Å². The molecule has 0 aliphatic rings. The monoisotopic (exact) mass is 324 g/mol. The molecule has 1 heterocycles. The van der Waals surface area contributed by atoms with E-state index in [1.165, 1.54) is 6.08 Å². The van der Waals surface area contributed by atoms with Crippen LogP contribution < -0.4 is 0 Å².